The summed E-state index contributed by atoms with van der Waals surface area (Å²) in [6, 6.07) is 11.5. The number of phenolic OH excluding ortho intramolecular Hbond substituents is 1. The van der Waals surface area contributed by atoms with Crippen molar-refractivity contribution in [2.45, 2.75) is 26.4 Å². The lowest BCUT2D eigenvalue weighted by molar-refractivity contribution is 0.456. The van der Waals surface area contributed by atoms with Crippen molar-refractivity contribution >= 4 is 23.2 Å². The summed E-state index contributed by atoms with van der Waals surface area (Å²) in [7, 11) is 0. The quantitative estimate of drug-likeness (QED) is 0.845. The predicted molar refractivity (Wildman–Crippen MR) is 84.6 cm³/mol. The van der Waals surface area contributed by atoms with E-state index in [1.165, 1.54) is 0 Å². The topological polar surface area (TPSA) is 32.3 Å². The number of aromatic hydroxyl groups is 1. The van der Waals surface area contributed by atoms with Gasteiger partial charge in [-0.05, 0) is 37.1 Å². The van der Waals surface area contributed by atoms with Crippen molar-refractivity contribution in [3.05, 3.63) is 63.1 Å². The summed E-state index contributed by atoms with van der Waals surface area (Å²) in [6.45, 7) is 4.53. The van der Waals surface area contributed by atoms with Crippen molar-refractivity contribution in [3.8, 4) is 5.75 Å². The summed E-state index contributed by atoms with van der Waals surface area (Å²) >= 11 is 11.9. The van der Waals surface area contributed by atoms with Crippen LogP contribution in [0.15, 0.2) is 36.4 Å². The average Bonchev–Trinajstić information content (AvgIpc) is 2.43. The third kappa shape index (κ3) is 3.45. The van der Waals surface area contributed by atoms with Crippen LogP contribution in [0.4, 0.5) is 0 Å². The van der Waals surface area contributed by atoms with Crippen molar-refractivity contribution in [3.63, 3.8) is 0 Å². The third-order valence-corrected chi connectivity index (χ3v) is 4.10. The minimum atomic E-state index is 0.115. The Morgan fingerprint density at radius 1 is 1.15 bits per heavy atom. The van der Waals surface area contributed by atoms with Gasteiger partial charge in [0, 0.05) is 18.2 Å². The van der Waals surface area contributed by atoms with Gasteiger partial charge in [0.2, 0.25) is 0 Å². The molecule has 0 fully saturated rings. The van der Waals surface area contributed by atoms with Gasteiger partial charge in [-0.1, -0.05) is 47.5 Å². The molecule has 0 bridgehead atoms. The van der Waals surface area contributed by atoms with Crippen molar-refractivity contribution in [2.24, 2.45) is 0 Å². The summed E-state index contributed by atoms with van der Waals surface area (Å²) in [5.74, 6) is 0.348. The van der Waals surface area contributed by atoms with E-state index >= 15 is 0 Å². The van der Waals surface area contributed by atoms with Gasteiger partial charge in [0.25, 0.3) is 0 Å². The normalized spacial score (nSPS) is 12.4. The van der Waals surface area contributed by atoms with Crippen molar-refractivity contribution in [1.29, 1.82) is 0 Å². The van der Waals surface area contributed by atoms with Crippen molar-refractivity contribution in [2.75, 3.05) is 0 Å². The number of aryl methyl sites for hydroxylation is 1. The van der Waals surface area contributed by atoms with Gasteiger partial charge in [0.05, 0.1) is 10.0 Å². The molecule has 0 amide bonds. The Morgan fingerprint density at radius 3 is 2.60 bits per heavy atom. The molecule has 4 heteroatoms. The first-order valence-corrected chi connectivity index (χ1v) is 7.20. The monoisotopic (exact) mass is 309 g/mol. The number of phenols is 1. The van der Waals surface area contributed by atoms with E-state index in [0.717, 1.165) is 16.7 Å². The number of hydrogen-bond acceptors (Lipinski definition) is 2. The second-order valence-electron chi connectivity index (χ2n) is 4.86. The van der Waals surface area contributed by atoms with Crippen LogP contribution in [0.25, 0.3) is 0 Å². The zero-order valence-corrected chi connectivity index (χ0v) is 13.0. The Bertz CT molecular complexity index is 613. The lowest BCUT2D eigenvalue weighted by Gasteiger charge is -2.16. The second kappa shape index (κ2) is 6.49. The number of nitrogens with one attached hydrogen (secondary N) is 1. The van der Waals surface area contributed by atoms with Crippen molar-refractivity contribution in [1.82, 2.24) is 5.32 Å². The molecule has 2 aromatic rings. The number of hydrogen-bond donors (Lipinski definition) is 2. The first kappa shape index (κ1) is 15.2. The number of benzene rings is 2. The van der Waals surface area contributed by atoms with E-state index in [-0.39, 0.29) is 6.04 Å². The molecule has 0 aliphatic carbocycles. The molecule has 0 spiro atoms. The fraction of sp³-hybridized carbons (Fsp3) is 0.250. The number of para-hydroxylation sites is 1. The van der Waals surface area contributed by atoms with Gasteiger partial charge in [-0.15, -0.1) is 0 Å². The highest BCUT2D eigenvalue weighted by atomic mass is 35.5. The highest BCUT2D eigenvalue weighted by Crippen LogP contribution is 2.26. The second-order valence-corrected chi connectivity index (χ2v) is 5.67. The minimum Gasteiger partial charge on any atom is -0.507 e. The third-order valence-electron chi connectivity index (χ3n) is 3.36. The zero-order chi connectivity index (χ0) is 14.7. The smallest absolute Gasteiger partial charge is 0.122 e. The van der Waals surface area contributed by atoms with Gasteiger partial charge >= 0.3 is 0 Å². The molecule has 1 unspecified atom stereocenters. The number of halogens is 2. The molecule has 2 nitrogen and oxygen atoms in total. The molecule has 0 aromatic heterocycles. The molecule has 2 aromatic carbocycles. The fourth-order valence-electron chi connectivity index (χ4n) is 2.02. The lowest BCUT2D eigenvalue weighted by atomic mass is 10.1. The van der Waals surface area contributed by atoms with E-state index in [1.54, 1.807) is 6.07 Å². The van der Waals surface area contributed by atoms with E-state index in [2.05, 4.69) is 5.32 Å². The van der Waals surface area contributed by atoms with Crippen LogP contribution in [0.5, 0.6) is 5.75 Å². The Kier molecular flexibility index (Phi) is 4.92. The summed E-state index contributed by atoms with van der Waals surface area (Å²) < 4.78 is 0. The molecule has 0 heterocycles. The van der Waals surface area contributed by atoms with Gasteiger partial charge in [0.1, 0.15) is 5.75 Å². The van der Waals surface area contributed by atoms with Crippen LogP contribution in [0, 0.1) is 6.92 Å². The molecule has 0 radical (unpaired) electrons. The maximum atomic E-state index is 9.98. The van der Waals surface area contributed by atoms with E-state index in [0.29, 0.717) is 22.3 Å². The van der Waals surface area contributed by atoms with Crippen LogP contribution in [-0.2, 0) is 6.54 Å². The molecule has 106 valence electrons. The summed E-state index contributed by atoms with van der Waals surface area (Å²) in [5, 5.41) is 14.5. The molecular weight excluding hydrogens is 293 g/mol. The highest BCUT2D eigenvalue weighted by Gasteiger charge is 2.09. The van der Waals surface area contributed by atoms with Crippen LogP contribution in [0.2, 0.25) is 10.0 Å². The van der Waals surface area contributed by atoms with E-state index in [4.69, 9.17) is 23.2 Å². The van der Waals surface area contributed by atoms with Crippen LogP contribution >= 0.6 is 23.2 Å². The summed E-state index contributed by atoms with van der Waals surface area (Å²) in [6.07, 6.45) is 0. The largest absolute Gasteiger partial charge is 0.507 e. The maximum Gasteiger partial charge on any atom is 0.122 e. The van der Waals surface area contributed by atoms with Crippen LogP contribution < -0.4 is 5.32 Å². The Hall–Kier alpha value is -1.22. The lowest BCUT2D eigenvalue weighted by Crippen LogP contribution is -2.18. The van der Waals surface area contributed by atoms with Crippen LogP contribution in [-0.4, -0.2) is 5.11 Å². The molecule has 1 atom stereocenters. The summed E-state index contributed by atoms with van der Waals surface area (Å²) in [5.41, 5.74) is 2.83. The molecule has 0 saturated carbocycles. The van der Waals surface area contributed by atoms with Gasteiger partial charge in [-0.2, -0.15) is 0 Å². The Morgan fingerprint density at radius 2 is 1.90 bits per heavy atom. The fourth-order valence-corrected chi connectivity index (χ4v) is 2.33. The first-order valence-electron chi connectivity index (χ1n) is 6.45. The molecule has 0 aliphatic rings. The summed E-state index contributed by atoms with van der Waals surface area (Å²) in [4.78, 5) is 0. The molecule has 20 heavy (non-hydrogen) atoms. The van der Waals surface area contributed by atoms with Gasteiger partial charge in [-0.25, -0.2) is 0 Å². The molecule has 2 rings (SSSR count). The molecule has 2 N–H and O–H groups in total. The molecule has 0 saturated heterocycles. The van der Waals surface area contributed by atoms with E-state index < -0.39 is 0 Å². The Labute approximate surface area is 129 Å². The first-order chi connectivity index (χ1) is 9.49. The van der Waals surface area contributed by atoms with Gasteiger partial charge in [-0.3, -0.25) is 0 Å². The Balaban J connectivity index is 2.06. The average molecular weight is 310 g/mol. The van der Waals surface area contributed by atoms with Gasteiger partial charge < -0.3 is 10.4 Å². The molecular formula is C16H17Cl2NO. The predicted octanol–water partition coefficient (Wildman–Crippen LogP) is 4.86. The SMILES string of the molecule is Cc1cccc(CNC(C)c2ccc(Cl)c(Cl)c2)c1O. The standard InChI is InChI=1S/C16H17Cl2NO/c1-10-4-3-5-13(16(10)20)9-19-11(2)12-6-7-14(17)15(18)8-12/h3-8,11,19-20H,9H2,1-2H3. The van der Waals surface area contributed by atoms with Gasteiger partial charge in [0.15, 0.2) is 0 Å². The minimum absolute atomic E-state index is 0.115. The van der Waals surface area contributed by atoms with Crippen molar-refractivity contribution < 1.29 is 5.11 Å². The van der Waals surface area contributed by atoms with Crippen LogP contribution in [0.3, 0.4) is 0 Å². The highest BCUT2D eigenvalue weighted by molar-refractivity contribution is 6.42. The molecule has 0 aliphatic heterocycles. The van der Waals surface area contributed by atoms with Crippen LogP contribution in [0.1, 0.15) is 29.7 Å². The van der Waals surface area contributed by atoms with E-state index in [1.807, 2.05) is 44.2 Å². The van der Waals surface area contributed by atoms with E-state index in [9.17, 15) is 5.11 Å². The zero-order valence-electron chi connectivity index (χ0n) is 11.5. The number of rotatable bonds is 4. The maximum absolute atomic E-state index is 9.98.